The monoisotopic (exact) mass is 360 g/mol. The fourth-order valence-corrected chi connectivity index (χ4v) is 3.99. The van der Waals surface area contributed by atoms with Crippen LogP contribution in [0.4, 0.5) is 0 Å². The van der Waals surface area contributed by atoms with Crippen molar-refractivity contribution >= 4 is 5.91 Å². The van der Waals surface area contributed by atoms with Gasteiger partial charge in [-0.05, 0) is 57.6 Å². The highest BCUT2D eigenvalue weighted by molar-refractivity contribution is 5.76. The Balaban J connectivity index is 1.54. The van der Waals surface area contributed by atoms with E-state index in [1.165, 1.54) is 18.4 Å². The third-order valence-corrected chi connectivity index (χ3v) is 5.58. The number of ether oxygens (including phenoxy) is 2. The molecular formula is C21H32N2O3. The van der Waals surface area contributed by atoms with Gasteiger partial charge in [0.25, 0.3) is 0 Å². The van der Waals surface area contributed by atoms with Gasteiger partial charge in [-0.3, -0.25) is 9.69 Å². The molecule has 0 bridgehead atoms. The molecule has 1 heterocycles. The lowest BCUT2D eigenvalue weighted by atomic mass is 9.92. The normalized spacial score (nSPS) is 20.7. The molecule has 0 spiro atoms. The maximum absolute atomic E-state index is 11.9. The van der Waals surface area contributed by atoms with Crippen LogP contribution in [0.2, 0.25) is 0 Å². The zero-order chi connectivity index (χ0) is 18.5. The number of carbonyl (C=O) groups excluding carboxylic acids is 1. The summed E-state index contributed by atoms with van der Waals surface area (Å²) in [6, 6.07) is 4.60. The van der Waals surface area contributed by atoms with E-state index in [-0.39, 0.29) is 5.91 Å². The maximum Gasteiger partial charge on any atom is 0.220 e. The van der Waals surface area contributed by atoms with E-state index in [1.54, 1.807) is 14.2 Å². The van der Waals surface area contributed by atoms with Crippen molar-refractivity contribution in [3.63, 3.8) is 0 Å². The van der Waals surface area contributed by atoms with Crippen molar-refractivity contribution in [3.8, 4) is 11.5 Å². The largest absolute Gasteiger partial charge is 0.496 e. The Bertz CT molecular complexity index is 628. The van der Waals surface area contributed by atoms with Crippen LogP contribution >= 0.6 is 0 Å². The van der Waals surface area contributed by atoms with E-state index in [0.29, 0.717) is 18.4 Å². The van der Waals surface area contributed by atoms with Crippen molar-refractivity contribution in [2.75, 3.05) is 27.3 Å². The number of methoxy groups -OCH3 is 2. The molecule has 1 aliphatic carbocycles. The van der Waals surface area contributed by atoms with Gasteiger partial charge < -0.3 is 14.8 Å². The van der Waals surface area contributed by atoms with E-state index >= 15 is 0 Å². The lowest BCUT2D eigenvalue weighted by molar-refractivity contribution is -0.121. The van der Waals surface area contributed by atoms with Gasteiger partial charge in [-0.1, -0.05) is 6.07 Å². The minimum atomic E-state index is 0.233. The molecule has 1 saturated heterocycles. The number of carbonyl (C=O) groups is 1. The van der Waals surface area contributed by atoms with Gasteiger partial charge in [-0.2, -0.15) is 0 Å². The molecule has 2 aliphatic rings. The van der Waals surface area contributed by atoms with Crippen molar-refractivity contribution in [2.45, 2.75) is 58.0 Å². The zero-order valence-corrected chi connectivity index (χ0v) is 16.3. The minimum Gasteiger partial charge on any atom is -0.496 e. The molecule has 0 radical (unpaired) electrons. The summed E-state index contributed by atoms with van der Waals surface area (Å²) in [6.07, 6.45) is 6.41. The van der Waals surface area contributed by atoms with Crippen molar-refractivity contribution in [3.05, 3.63) is 23.3 Å². The molecule has 1 aliphatic heterocycles. The average molecular weight is 360 g/mol. The Morgan fingerprint density at radius 2 is 2.04 bits per heavy atom. The molecule has 1 N–H and O–H groups in total. The van der Waals surface area contributed by atoms with Crippen LogP contribution < -0.4 is 14.8 Å². The standard InChI is InChI=1S/C21H32N2O3/c1-15-19(25-2)10-7-17(21(15)26-3)14-23-12-4-5-16(13-23)6-11-20(24)22-18-8-9-18/h7,10,16,18H,4-6,8-9,11-14H2,1-3H3,(H,22,24)/t16-/m1/s1. The molecule has 1 saturated carbocycles. The summed E-state index contributed by atoms with van der Waals surface area (Å²) in [5.74, 6) is 2.63. The molecule has 0 aromatic heterocycles. The van der Waals surface area contributed by atoms with Gasteiger partial charge in [0.15, 0.2) is 0 Å². The lowest BCUT2D eigenvalue weighted by Gasteiger charge is -2.33. The van der Waals surface area contributed by atoms with E-state index in [4.69, 9.17) is 9.47 Å². The van der Waals surface area contributed by atoms with Crippen molar-refractivity contribution < 1.29 is 14.3 Å². The predicted molar refractivity (Wildman–Crippen MR) is 103 cm³/mol. The highest BCUT2D eigenvalue weighted by atomic mass is 16.5. The first-order valence-electron chi connectivity index (χ1n) is 9.83. The second kappa shape index (κ2) is 8.76. The summed E-state index contributed by atoms with van der Waals surface area (Å²) in [5, 5.41) is 3.10. The molecule has 1 amide bonds. The lowest BCUT2D eigenvalue weighted by Crippen LogP contribution is -2.35. The molecule has 3 rings (SSSR count). The van der Waals surface area contributed by atoms with Crippen LogP contribution in [0.25, 0.3) is 0 Å². The summed E-state index contributed by atoms with van der Waals surface area (Å²) in [6.45, 7) is 5.10. The fourth-order valence-electron chi connectivity index (χ4n) is 3.99. The van der Waals surface area contributed by atoms with E-state index < -0.39 is 0 Å². The molecule has 144 valence electrons. The van der Waals surface area contributed by atoms with Crippen LogP contribution in [0.15, 0.2) is 12.1 Å². The number of piperidine rings is 1. The Morgan fingerprint density at radius 1 is 1.23 bits per heavy atom. The molecule has 5 heteroatoms. The van der Waals surface area contributed by atoms with E-state index in [9.17, 15) is 4.79 Å². The molecule has 1 aromatic rings. The quantitative estimate of drug-likeness (QED) is 0.773. The maximum atomic E-state index is 11.9. The Hall–Kier alpha value is -1.75. The number of benzene rings is 1. The van der Waals surface area contributed by atoms with Crippen LogP contribution in [0.3, 0.4) is 0 Å². The van der Waals surface area contributed by atoms with Crippen LogP contribution in [-0.2, 0) is 11.3 Å². The molecule has 1 atom stereocenters. The third kappa shape index (κ3) is 4.91. The summed E-state index contributed by atoms with van der Waals surface area (Å²) < 4.78 is 11.1. The number of rotatable bonds is 8. The molecular weight excluding hydrogens is 328 g/mol. The summed E-state index contributed by atoms with van der Waals surface area (Å²) in [4.78, 5) is 14.4. The SMILES string of the molecule is COc1ccc(CN2CCC[C@H](CCC(=O)NC3CC3)C2)c(OC)c1C. The van der Waals surface area contributed by atoms with E-state index in [2.05, 4.69) is 16.3 Å². The van der Waals surface area contributed by atoms with Crippen molar-refractivity contribution in [1.29, 1.82) is 0 Å². The first-order chi connectivity index (χ1) is 12.6. The molecule has 2 fully saturated rings. The van der Waals surface area contributed by atoms with Gasteiger partial charge in [0.1, 0.15) is 11.5 Å². The average Bonchev–Trinajstić information content (AvgIpc) is 3.45. The van der Waals surface area contributed by atoms with Crippen LogP contribution in [-0.4, -0.2) is 44.2 Å². The van der Waals surface area contributed by atoms with Gasteiger partial charge in [0, 0.05) is 36.7 Å². The fraction of sp³-hybridized carbons (Fsp3) is 0.667. The third-order valence-electron chi connectivity index (χ3n) is 5.58. The molecule has 26 heavy (non-hydrogen) atoms. The molecule has 1 aromatic carbocycles. The zero-order valence-electron chi connectivity index (χ0n) is 16.3. The Morgan fingerprint density at radius 3 is 2.73 bits per heavy atom. The summed E-state index contributed by atoms with van der Waals surface area (Å²) >= 11 is 0. The first-order valence-corrected chi connectivity index (χ1v) is 9.83. The topological polar surface area (TPSA) is 50.8 Å². The Labute approximate surface area is 157 Å². The number of hydrogen-bond acceptors (Lipinski definition) is 4. The number of likely N-dealkylation sites (tertiary alicyclic amines) is 1. The highest BCUT2D eigenvalue weighted by Gasteiger charge is 2.25. The van der Waals surface area contributed by atoms with Crippen molar-refractivity contribution in [2.24, 2.45) is 5.92 Å². The number of nitrogens with zero attached hydrogens (tertiary/aromatic N) is 1. The van der Waals surface area contributed by atoms with Gasteiger partial charge >= 0.3 is 0 Å². The van der Waals surface area contributed by atoms with E-state index in [0.717, 1.165) is 56.0 Å². The number of amides is 1. The smallest absolute Gasteiger partial charge is 0.220 e. The predicted octanol–water partition coefficient (Wildman–Crippen LogP) is 3.28. The minimum absolute atomic E-state index is 0.233. The van der Waals surface area contributed by atoms with Gasteiger partial charge in [0.05, 0.1) is 14.2 Å². The summed E-state index contributed by atoms with van der Waals surface area (Å²) in [5.41, 5.74) is 2.26. The molecule has 5 nitrogen and oxygen atoms in total. The number of nitrogens with one attached hydrogen (secondary N) is 1. The van der Waals surface area contributed by atoms with Gasteiger partial charge in [-0.15, -0.1) is 0 Å². The number of hydrogen-bond donors (Lipinski definition) is 1. The Kier molecular flexibility index (Phi) is 6.41. The highest BCUT2D eigenvalue weighted by Crippen LogP contribution is 2.33. The van der Waals surface area contributed by atoms with Crippen LogP contribution in [0, 0.1) is 12.8 Å². The molecule has 0 unspecified atom stereocenters. The van der Waals surface area contributed by atoms with Crippen LogP contribution in [0.1, 0.15) is 49.7 Å². The summed E-state index contributed by atoms with van der Waals surface area (Å²) in [7, 11) is 3.42. The van der Waals surface area contributed by atoms with E-state index in [1.807, 2.05) is 13.0 Å². The second-order valence-electron chi connectivity index (χ2n) is 7.71. The van der Waals surface area contributed by atoms with Crippen molar-refractivity contribution in [1.82, 2.24) is 10.2 Å². The second-order valence-corrected chi connectivity index (χ2v) is 7.71. The van der Waals surface area contributed by atoms with Crippen LogP contribution in [0.5, 0.6) is 11.5 Å². The van der Waals surface area contributed by atoms with Gasteiger partial charge in [0.2, 0.25) is 5.91 Å². The first kappa shape index (κ1) is 19.0. The van der Waals surface area contributed by atoms with Gasteiger partial charge in [-0.25, -0.2) is 0 Å².